The number of piperidine rings is 2. The minimum Gasteiger partial charge on any atom is -0.370 e. The first-order valence-corrected chi connectivity index (χ1v) is 8.61. The van der Waals surface area contributed by atoms with E-state index in [4.69, 9.17) is 0 Å². The van der Waals surface area contributed by atoms with E-state index < -0.39 is 0 Å². The van der Waals surface area contributed by atoms with Gasteiger partial charge in [-0.25, -0.2) is 4.68 Å². The van der Waals surface area contributed by atoms with Crippen LogP contribution >= 0.6 is 0 Å². The van der Waals surface area contributed by atoms with E-state index in [1.807, 2.05) is 0 Å². The first kappa shape index (κ1) is 16.0. The van der Waals surface area contributed by atoms with Crippen molar-refractivity contribution in [3.05, 3.63) is 22.6 Å². The zero-order valence-corrected chi connectivity index (χ0v) is 14.1. The van der Waals surface area contributed by atoms with Crippen molar-refractivity contribution < 1.29 is 4.79 Å². The lowest BCUT2D eigenvalue weighted by Gasteiger charge is -2.37. The van der Waals surface area contributed by atoms with Crippen molar-refractivity contribution in [1.82, 2.24) is 14.7 Å². The molecule has 0 aliphatic carbocycles. The van der Waals surface area contributed by atoms with Crippen molar-refractivity contribution in [2.24, 2.45) is 18.9 Å². The summed E-state index contributed by atoms with van der Waals surface area (Å²) in [7, 11) is 1.65. The van der Waals surface area contributed by atoms with Crippen molar-refractivity contribution in [3.8, 4) is 0 Å². The van der Waals surface area contributed by atoms with E-state index in [9.17, 15) is 9.59 Å². The molecule has 0 saturated carbocycles. The van der Waals surface area contributed by atoms with Gasteiger partial charge in [-0.1, -0.05) is 6.92 Å². The number of likely N-dealkylation sites (tertiary alicyclic amines) is 1. The van der Waals surface area contributed by atoms with Gasteiger partial charge in [-0.3, -0.25) is 9.59 Å². The topological polar surface area (TPSA) is 58.4 Å². The number of carbonyl (C=O) groups excluding carboxylic acids is 1. The van der Waals surface area contributed by atoms with E-state index in [2.05, 4.69) is 21.8 Å². The Balaban J connectivity index is 1.58. The smallest absolute Gasteiger partial charge is 0.268 e. The van der Waals surface area contributed by atoms with E-state index in [1.54, 1.807) is 19.3 Å². The van der Waals surface area contributed by atoms with E-state index in [-0.39, 0.29) is 11.5 Å². The summed E-state index contributed by atoms with van der Waals surface area (Å²) in [5.74, 6) is 1.09. The molecule has 1 amide bonds. The average molecular weight is 318 g/mol. The monoisotopic (exact) mass is 318 g/mol. The molecule has 23 heavy (non-hydrogen) atoms. The van der Waals surface area contributed by atoms with Crippen LogP contribution in [-0.4, -0.2) is 46.8 Å². The third kappa shape index (κ3) is 3.57. The number of rotatable bonds is 2. The number of carbonyl (C=O) groups is 1. The molecule has 6 nitrogen and oxygen atoms in total. The van der Waals surface area contributed by atoms with Gasteiger partial charge in [0.05, 0.1) is 11.9 Å². The van der Waals surface area contributed by atoms with Gasteiger partial charge in [0, 0.05) is 45.2 Å². The Morgan fingerprint density at radius 2 is 1.96 bits per heavy atom. The lowest BCUT2D eigenvalue weighted by atomic mass is 9.92. The molecule has 2 fully saturated rings. The van der Waals surface area contributed by atoms with Crippen LogP contribution in [-0.2, 0) is 11.8 Å². The van der Waals surface area contributed by atoms with Gasteiger partial charge >= 0.3 is 0 Å². The first-order valence-electron chi connectivity index (χ1n) is 8.61. The fourth-order valence-corrected chi connectivity index (χ4v) is 3.67. The Morgan fingerprint density at radius 1 is 1.22 bits per heavy atom. The highest BCUT2D eigenvalue weighted by Gasteiger charge is 2.30. The summed E-state index contributed by atoms with van der Waals surface area (Å²) < 4.78 is 1.33. The Bertz CT molecular complexity index is 619. The van der Waals surface area contributed by atoms with Crippen LogP contribution in [0.15, 0.2) is 17.1 Å². The zero-order chi connectivity index (χ0) is 16.4. The molecule has 0 spiro atoms. The minimum atomic E-state index is -0.0944. The third-order valence-electron chi connectivity index (χ3n) is 5.13. The molecular formula is C17H26N4O2. The van der Waals surface area contributed by atoms with Gasteiger partial charge in [0.25, 0.3) is 5.56 Å². The highest BCUT2D eigenvalue weighted by atomic mass is 16.2. The summed E-state index contributed by atoms with van der Waals surface area (Å²) in [6, 6.07) is 1.63. The molecule has 0 N–H and O–H groups in total. The molecular weight excluding hydrogens is 292 g/mol. The van der Waals surface area contributed by atoms with Crippen molar-refractivity contribution in [3.63, 3.8) is 0 Å². The summed E-state index contributed by atoms with van der Waals surface area (Å²) in [5, 5.41) is 4.08. The first-order chi connectivity index (χ1) is 11.0. The number of aromatic nitrogens is 2. The van der Waals surface area contributed by atoms with Crippen LogP contribution in [0, 0.1) is 11.8 Å². The van der Waals surface area contributed by atoms with Crippen molar-refractivity contribution in [2.45, 2.75) is 32.6 Å². The van der Waals surface area contributed by atoms with Gasteiger partial charge in [-0.05, 0) is 31.6 Å². The number of hydrogen-bond donors (Lipinski definition) is 0. The summed E-state index contributed by atoms with van der Waals surface area (Å²) in [4.78, 5) is 28.6. The second-order valence-electron chi connectivity index (χ2n) is 6.97. The fraction of sp³-hybridized carbons (Fsp3) is 0.706. The maximum atomic E-state index is 12.7. The highest BCUT2D eigenvalue weighted by molar-refractivity contribution is 5.79. The van der Waals surface area contributed by atoms with E-state index in [0.29, 0.717) is 11.8 Å². The Labute approximate surface area is 137 Å². The fourth-order valence-electron chi connectivity index (χ4n) is 3.67. The molecule has 3 heterocycles. The average Bonchev–Trinajstić information content (AvgIpc) is 2.57. The molecule has 1 aromatic rings. The van der Waals surface area contributed by atoms with Crippen LogP contribution in [0.2, 0.25) is 0 Å². The molecule has 1 aromatic heterocycles. The van der Waals surface area contributed by atoms with E-state index in [0.717, 1.165) is 51.1 Å². The molecule has 126 valence electrons. The van der Waals surface area contributed by atoms with E-state index >= 15 is 0 Å². The summed E-state index contributed by atoms with van der Waals surface area (Å²) in [6.45, 7) is 5.69. The van der Waals surface area contributed by atoms with Crippen molar-refractivity contribution in [2.75, 3.05) is 31.1 Å². The summed E-state index contributed by atoms with van der Waals surface area (Å²) >= 11 is 0. The van der Waals surface area contributed by atoms with Crippen LogP contribution in [0.3, 0.4) is 0 Å². The molecule has 6 heteroatoms. The standard InChI is InChI=1S/C17H26N4O2/c1-13-4-3-7-21(12-13)17(23)14-5-8-20(9-6-14)15-10-16(22)19(2)18-11-15/h10-11,13-14H,3-9,12H2,1-2H3. The van der Waals surface area contributed by atoms with Gasteiger partial charge < -0.3 is 9.80 Å². The number of nitrogens with zero attached hydrogens (tertiary/aromatic N) is 4. The maximum absolute atomic E-state index is 12.7. The normalized spacial score (nSPS) is 23.1. The Hall–Kier alpha value is -1.85. The number of aryl methyl sites for hydroxylation is 1. The van der Waals surface area contributed by atoms with Gasteiger partial charge in [-0.15, -0.1) is 0 Å². The molecule has 0 radical (unpaired) electrons. The SMILES string of the molecule is CC1CCCN(C(=O)C2CCN(c3cnn(C)c(=O)c3)CC2)C1. The molecule has 0 aromatic carbocycles. The summed E-state index contributed by atoms with van der Waals surface area (Å²) in [6.07, 6.45) is 5.82. The van der Waals surface area contributed by atoms with Gasteiger partial charge in [0.1, 0.15) is 0 Å². The number of amides is 1. The van der Waals surface area contributed by atoms with Crippen LogP contribution in [0.5, 0.6) is 0 Å². The highest BCUT2D eigenvalue weighted by Crippen LogP contribution is 2.25. The van der Waals surface area contributed by atoms with E-state index in [1.165, 1.54) is 11.1 Å². The minimum absolute atomic E-state index is 0.0944. The molecule has 1 unspecified atom stereocenters. The lowest BCUT2D eigenvalue weighted by Crippen LogP contribution is -2.46. The molecule has 1 atom stereocenters. The number of hydrogen-bond acceptors (Lipinski definition) is 4. The molecule has 2 saturated heterocycles. The molecule has 2 aliphatic rings. The largest absolute Gasteiger partial charge is 0.370 e. The second-order valence-corrected chi connectivity index (χ2v) is 6.97. The molecule has 0 bridgehead atoms. The molecule has 3 rings (SSSR count). The quantitative estimate of drug-likeness (QED) is 0.823. The predicted octanol–water partition coefficient (Wildman–Crippen LogP) is 1.26. The Kier molecular flexibility index (Phi) is 4.68. The van der Waals surface area contributed by atoms with Crippen LogP contribution in [0.4, 0.5) is 5.69 Å². The predicted molar refractivity (Wildman–Crippen MR) is 89.4 cm³/mol. The van der Waals surface area contributed by atoms with Crippen molar-refractivity contribution >= 4 is 11.6 Å². The van der Waals surface area contributed by atoms with Gasteiger partial charge in [-0.2, -0.15) is 5.10 Å². The van der Waals surface area contributed by atoms with Gasteiger partial charge in [0.15, 0.2) is 0 Å². The van der Waals surface area contributed by atoms with Crippen LogP contribution < -0.4 is 10.5 Å². The maximum Gasteiger partial charge on any atom is 0.268 e. The van der Waals surface area contributed by atoms with Crippen LogP contribution in [0.1, 0.15) is 32.6 Å². The summed E-state index contributed by atoms with van der Waals surface area (Å²) in [5.41, 5.74) is 0.772. The number of anilines is 1. The third-order valence-corrected chi connectivity index (χ3v) is 5.13. The zero-order valence-electron chi connectivity index (χ0n) is 14.1. The Morgan fingerprint density at radius 3 is 2.61 bits per heavy atom. The molecule has 2 aliphatic heterocycles. The second kappa shape index (κ2) is 6.72. The lowest BCUT2D eigenvalue weighted by molar-refractivity contribution is -0.137. The van der Waals surface area contributed by atoms with Crippen molar-refractivity contribution in [1.29, 1.82) is 0 Å². The van der Waals surface area contributed by atoms with Gasteiger partial charge in [0.2, 0.25) is 5.91 Å². The van der Waals surface area contributed by atoms with Crippen LogP contribution in [0.25, 0.3) is 0 Å².